The summed E-state index contributed by atoms with van der Waals surface area (Å²) in [6.07, 6.45) is 8.89. The van der Waals surface area contributed by atoms with Gasteiger partial charge in [0.05, 0.1) is 12.6 Å². The van der Waals surface area contributed by atoms with E-state index in [0.717, 1.165) is 55.6 Å². The monoisotopic (exact) mass is 527 g/mol. The molecule has 0 spiro atoms. The first-order valence-electron chi connectivity index (χ1n) is 13.2. The topological polar surface area (TPSA) is 67.6 Å². The van der Waals surface area contributed by atoms with Crippen LogP contribution in [-0.4, -0.2) is 58.0 Å². The van der Waals surface area contributed by atoms with Crippen molar-refractivity contribution < 1.29 is 19.0 Å². The number of nitrogens with zero attached hydrogens (tertiary/aromatic N) is 3. The highest BCUT2D eigenvalue weighted by atomic mass is 32.2. The van der Waals surface area contributed by atoms with Crippen LogP contribution in [-0.2, 0) is 11.8 Å². The van der Waals surface area contributed by atoms with Gasteiger partial charge in [-0.15, -0.1) is 11.8 Å². The van der Waals surface area contributed by atoms with Gasteiger partial charge in [0.25, 0.3) is 0 Å². The van der Waals surface area contributed by atoms with Crippen molar-refractivity contribution in [3.63, 3.8) is 0 Å². The minimum absolute atomic E-state index is 0.173. The number of halogens is 1. The van der Waals surface area contributed by atoms with Crippen molar-refractivity contribution in [3.05, 3.63) is 54.5 Å². The second-order valence-corrected chi connectivity index (χ2v) is 11.3. The zero-order valence-corrected chi connectivity index (χ0v) is 22.6. The Bertz CT molecular complexity index is 1170. The number of aromatic nitrogens is 2. The number of carboxylic acids is 1. The molecule has 6 nitrogen and oxygen atoms in total. The smallest absolute Gasteiger partial charge is 0.303 e. The molecule has 3 atom stereocenters. The average Bonchev–Trinajstić information content (AvgIpc) is 3.33. The van der Waals surface area contributed by atoms with Crippen molar-refractivity contribution in [1.29, 1.82) is 0 Å². The van der Waals surface area contributed by atoms with E-state index >= 15 is 4.39 Å². The molecule has 1 saturated heterocycles. The number of rotatable bonds is 13. The van der Waals surface area contributed by atoms with E-state index in [-0.39, 0.29) is 12.3 Å². The third-order valence-corrected chi connectivity index (χ3v) is 8.58. The van der Waals surface area contributed by atoms with Crippen LogP contribution >= 0.6 is 11.8 Å². The van der Waals surface area contributed by atoms with Crippen molar-refractivity contribution in [1.82, 2.24) is 14.5 Å². The molecule has 0 unspecified atom stereocenters. The third-order valence-electron chi connectivity index (χ3n) is 7.51. The Morgan fingerprint density at radius 2 is 2.14 bits per heavy atom. The highest BCUT2D eigenvalue weighted by molar-refractivity contribution is 7.99. The number of alkyl halides is 1. The van der Waals surface area contributed by atoms with Gasteiger partial charge >= 0.3 is 5.97 Å². The Balaban J connectivity index is 1.32. The molecule has 0 aliphatic carbocycles. The van der Waals surface area contributed by atoms with E-state index < -0.39 is 12.1 Å². The maximum absolute atomic E-state index is 15.5. The van der Waals surface area contributed by atoms with Gasteiger partial charge in [0, 0.05) is 48.9 Å². The predicted octanol–water partition coefficient (Wildman–Crippen LogP) is 6.36. The summed E-state index contributed by atoms with van der Waals surface area (Å²) in [5, 5.41) is 10.1. The molecule has 37 heavy (non-hydrogen) atoms. The number of piperidine rings is 1. The number of fused-ring (bicyclic) bond motifs is 1. The fourth-order valence-corrected chi connectivity index (χ4v) is 6.39. The zero-order chi connectivity index (χ0) is 26.2. The molecule has 0 radical (unpaired) electrons. The van der Waals surface area contributed by atoms with Crippen LogP contribution < -0.4 is 4.74 Å². The normalized spacial score (nSPS) is 19.2. The summed E-state index contributed by atoms with van der Waals surface area (Å²) >= 11 is 1.88. The van der Waals surface area contributed by atoms with Gasteiger partial charge in [0.1, 0.15) is 11.9 Å². The van der Waals surface area contributed by atoms with Gasteiger partial charge in [-0.2, -0.15) is 0 Å². The SMILES string of the molecule is COc1ccc2nccc([C@H](F)CC[C@@H]3CCN(CCCSc4ccn(C)c4)C[C@H]3CCC(=O)O)c2c1. The highest BCUT2D eigenvalue weighted by Gasteiger charge is 2.30. The summed E-state index contributed by atoms with van der Waals surface area (Å²) in [6, 6.07) is 9.47. The minimum Gasteiger partial charge on any atom is -0.497 e. The van der Waals surface area contributed by atoms with E-state index in [4.69, 9.17) is 4.74 Å². The standard InChI is InChI=1S/C29H38FN3O3S/c1-32-15-12-24(20-32)37-17-3-14-33-16-11-21(22(19-33)5-9-29(34)35)4-7-27(30)25-10-13-31-28-8-6-23(36-2)18-26(25)28/h6,8,10,12-13,15,18,20-22,27H,3-5,7,9,11,14,16-17,19H2,1-2H3,(H,34,35)/t21-,22-,27-/m1/s1. The van der Waals surface area contributed by atoms with E-state index in [2.05, 4.69) is 32.9 Å². The molecule has 0 amide bonds. The Labute approximate surface area is 223 Å². The lowest BCUT2D eigenvalue weighted by Gasteiger charge is -2.39. The molecule has 3 aromatic rings. The van der Waals surface area contributed by atoms with Crippen LogP contribution in [0.2, 0.25) is 0 Å². The molecule has 0 saturated carbocycles. The molecule has 4 rings (SSSR count). The minimum atomic E-state index is -1.09. The van der Waals surface area contributed by atoms with E-state index in [9.17, 15) is 9.90 Å². The number of pyridine rings is 1. The summed E-state index contributed by atoms with van der Waals surface area (Å²) in [6.45, 7) is 2.92. The van der Waals surface area contributed by atoms with Gasteiger partial charge in [0.2, 0.25) is 0 Å². The number of benzene rings is 1. The molecular weight excluding hydrogens is 489 g/mol. The number of aryl methyl sites for hydroxylation is 1. The highest BCUT2D eigenvalue weighted by Crippen LogP contribution is 2.36. The number of thioether (sulfide) groups is 1. The van der Waals surface area contributed by atoms with Gasteiger partial charge in [-0.3, -0.25) is 9.78 Å². The second kappa shape index (κ2) is 13.3. The fourth-order valence-electron chi connectivity index (χ4n) is 5.48. The number of carbonyl (C=O) groups is 1. The number of carboxylic acid groups (broad SMARTS) is 1. The maximum atomic E-state index is 15.5. The first kappa shape index (κ1) is 27.5. The van der Waals surface area contributed by atoms with Gasteiger partial charge < -0.3 is 19.3 Å². The number of hydrogen-bond acceptors (Lipinski definition) is 5. The Hall–Kier alpha value is -2.58. The van der Waals surface area contributed by atoms with Gasteiger partial charge in [-0.25, -0.2) is 4.39 Å². The summed E-state index contributed by atoms with van der Waals surface area (Å²) in [7, 11) is 3.64. The number of hydrogen-bond donors (Lipinski definition) is 1. The number of methoxy groups -OCH3 is 1. The molecule has 1 N–H and O–H groups in total. The van der Waals surface area contributed by atoms with E-state index in [1.807, 2.05) is 37.0 Å². The summed E-state index contributed by atoms with van der Waals surface area (Å²) in [4.78, 5) is 19.5. The van der Waals surface area contributed by atoms with Crippen molar-refractivity contribution in [3.8, 4) is 5.75 Å². The lowest BCUT2D eigenvalue weighted by molar-refractivity contribution is -0.137. The first-order valence-corrected chi connectivity index (χ1v) is 14.2. The maximum Gasteiger partial charge on any atom is 0.303 e. The molecule has 1 aliphatic heterocycles. The van der Waals surface area contributed by atoms with E-state index in [1.165, 1.54) is 4.90 Å². The van der Waals surface area contributed by atoms with Gasteiger partial charge in [-0.05, 0) is 98.7 Å². The number of ether oxygens (including phenoxy) is 1. The Morgan fingerprint density at radius 3 is 2.89 bits per heavy atom. The van der Waals surface area contributed by atoms with Crippen LogP contribution in [0.3, 0.4) is 0 Å². The van der Waals surface area contributed by atoms with Crippen molar-refractivity contribution in [2.75, 3.05) is 32.5 Å². The lowest BCUT2D eigenvalue weighted by Crippen LogP contribution is -2.41. The van der Waals surface area contributed by atoms with Gasteiger partial charge in [0.15, 0.2) is 0 Å². The molecule has 3 heterocycles. The van der Waals surface area contributed by atoms with E-state index in [0.29, 0.717) is 30.1 Å². The molecular formula is C29H38FN3O3S. The van der Waals surface area contributed by atoms with Crippen LogP contribution in [0.4, 0.5) is 4.39 Å². The Kier molecular flexibility index (Phi) is 9.86. The molecule has 1 fully saturated rings. The zero-order valence-electron chi connectivity index (χ0n) is 21.8. The van der Waals surface area contributed by atoms with E-state index in [1.54, 1.807) is 19.4 Å². The molecule has 1 aromatic carbocycles. The fraction of sp³-hybridized carbons (Fsp3) is 0.517. The molecule has 8 heteroatoms. The molecule has 0 bridgehead atoms. The lowest BCUT2D eigenvalue weighted by atomic mass is 9.79. The average molecular weight is 528 g/mol. The molecule has 200 valence electrons. The van der Waals surface area contributed by atoms with Crippen molar-refractivity contribution >= 4 is 28.6 Å². The van der Waals surface area contributed by atoms with Crippen LogP contribution in [0.5, 0.6) is 5.75 Å². The molecule has 1 aliphatic rings. The largest absolute Gasteiger partial charge is 0.497 e. The molecule has 2 aromatic heterocycles. The summed E-state index contributed by atoms with van der Waals surface area (Å²) < 4.78 is 22.9. The first-order chi connectivity index (χ1) is 17.9. The second-order valence-electron chi connectivity index (χ2n) is 10.1. The van der Waals surface area contributed by atoms with Crippen LogP contribution in [0.1, 0.15) is 50.3 Å². The third kappa shape index (κ3) is 7.71. The summed E-state index contributed by atoms with van der Waals surface area (Å²) in [5.74, 6) is 1.63. The number of likely N-dealkylation sites (tertiary alicyclic amines) is 1. The van der Waals surface area contributed by atoms with Gasteiger partial charge in [-0.1, -0.05) is 0 Å². The van der Waals surface area contributed by atoms with Crippen molar-refractivity contribution in [2.24, 2.45) is 18.9 Å². The van der Waals surface area contributed by atoms with Crippen LogP contribution in [0.15, 0.2) is 53.8 Å². The quantitative estimate of drug-likeness (QED) is 0.206. The van der Waals surface area contributed by atoms with Crippen LogP contribution in [0, 0.1) is 11.8 Å². The Morgan fingerprint density at radius 1 is 1.27 bits per heavy atom. The van der Waals surface area contributed by atoms with Crippen LogP contribution in [0.25, 0.3) is 10.9 Å². The summed E-state index contributed by atoms with van der Waals surface area (Å²) in [5.41, 5.74) is 1.42. The number of aliphatic carboxylic acids is 1. The predicted molar refractivity (Wildman–Crippen MR) is 147 cm³/mol. The van der Waals surface area contributed by atoms with Crippen molar-refractivity contribution in [2.45, 2.75) is 49.6 Å².